The molecule has 0 aromatic carbocycles. The maximum atomic E-state index is 8.46. The zero-order valence-corrected chi connectivity index (χ0v) is 10.3. The molecular formula is C4H13AlO4P2. The van der Waals surface area contributed by atoms with Gasteiger partial charge in [-0.3, -0.25) is 0 Å². The van der Waals surface area contributed by atoms with Crippen LogP contribution in [-0.2, 0) is 9.13 Å². The molecule has 0 aromatic heterocycles. The molecule has 0 fully saturated rings. The smallest absolute Gasteiger partial charge is 0.0110 e. The van der Waals surface area contributed by atoms with Crippen LogP contribution in [0.2, 0.25) is 4.28 Å². The summed E-state index contributed by atoms with van der Waals surface area (Å²) in [5, 5.41) is 0. The Bertz CT molecular complexity index is 80.6. The van der Waals surface area contributed by atoms with Crippen molar-refractivity contribution in [2.45, 2.75) is 25.0 Å². The second kappa shape index (κ2) is 13.5. The molecule has 11 heavy (non-hydrogen) atoms. The van der Waals surface area contributed by atoms with Crippen LogP contribution in [0.5, 0.6) is 0 Å². The van der Waals surface area contributed by atoms with Crippen LogP contribution in [0.15, 0.2) is 0 Å². The monoisotopic (exact) mass is 214 g/mol. The largest absolute Gasteiger partial charge is 0.804 e. The van der Waals surface area contributed by atoms with E-state index in [2.05, 4.69) is 37.1 Å². The van der Waals surface area contributed by atoms with Crippen LogP contribution in [0.4, 0.5) is 0 Å². The van der Waals surface area contributed by atoms with E-state index in [1.165, 1.54) is 0 Å². The Kier molecular flexibility index (Phi) is 21.9. The summed E-state index contributed by atoms with van der Waals surface area (Å²) >= 11 is 2.72. The first kappa shape index (κ1) is 17.9. The first-order chi connectivity index (χ1) is 4.83. The van der Waals surface area contributed by atoms with E-state index in [4.69, 9.17) is 18.9 Å². The normalized spacial score (nSPS) is 10.8. The van der Waals surface area contributed by atoms with Crippen molar-refractivity contribution in [3.05, 3.63) is 0 Å². The van der Waals surface area contributed by atoms with Gasteiger partial charge in [-0.1, -0.05) is 0 Å². The van der Waals surface area contributed by atoms with E-state index in [9.17, 15) is 0 Å². The standard InChI is InChI=1S/C4H9.Al.2H3O2P/c1-4(2)3;;2*1-3-2/h1-3H3;;2*3H2,(H,1,2)/q;+2;;/p-2. The van der Waals surface area contributed by atoms with E-state index in [1.54, 1.807) is 0 Å². The Balaban J connectivity index is -0.0000000933. The van der Waals surface area contributed by atoms with E-state index in [1.807, 2.05) is 0 Å². The molecule has 0 N–H and O–H groups in total. The molecule has 0 bridgehead atoms. The van der Waals surface area contributed by atoms with E-state index in [0.717, 1.165) is 0 Å². The van der Waals surface area contributed by atoms with Crippen LogP contribution >= 0.6 is 17.4 Å². The Labute approximate surface area is 78.0 Å². The summed E-state index contributed by atoms with van der Waals surface area (Å²) in [5.74, 6) is 0. The van der Waals surface area contributed by atoms with Crippen LogP contribution in [0.3, 0.4) is 0 Å². The summed E-state index contributed by atoms with van der Waals surface area (Å²) in [7, 11) is -3.50. The van der Waals surface area contributed by atoms with Crippen LogP contribution < -0.4 is 9.79 Å². The first-order valence-electron chi connectivity index (χ1n) is 2.73. The fourth-order valence-electron chi connectivity index (χ4n) is 0. The molecule has 4 nitrogen and oxygen atoms in total. The molecule has 2 unspecified atom stereocenters. The SMILES string of the molecule is C[C](C)(C)[Al+2].O=[PH2][O-].O=[PH2][O-]. The third-order valence-electron chi connectivity index (χ3n) is 0. The molecule has 7 heteroatoms. The molecule has 0 aliphatic heterocycles. The summed E-state index contributed by atoms with van der Waals surface area (Å²) < 4.78 is 17.3. The average molecular weight is 214 g/mol. The van der Waals surface area contributed by atoms with Gasteiger partial charge in [0.2, 0.25) is 0 Å². The third-order valence-corrected chi connectivity index (χ3v) is 0. The second-order valence-corrected chi connectivity index (χ2v) is 4.68. The Morgan fingerprint density at radius 3 is 1.09 bits per heavy atom. The molecule has 66 valence electrons. The Hall–Kier alpha value is 0.912. The quantitative estimate of drug-likeness (QED) is 0.398. The van der Waals surface area contributed by atoms with Gasteiger partial charge in [-0.15, -0.1) is 0 Å². The minimum atomic E-state index is -1.75. The van der Waals surface area contributed by atoms with Gasteiger partial charge in [0, 0.05) is 0 Å². The van der Waals surface area contributed by atoms with Gasteiger partial charge in [-0.05, 0) is 17.4 Å². The summed E-state index contributed by atoms with van der Waals surface area (Å²) in [6, 6.07) is 0. The van der Waals surface area contributed by atoms with E-state index < -0.39 is 17.4 Å². The van der Waals surface area contributed by atoms with Crippen LogP contribution in [0.25, 0.3) is 0 Å². The van der Waals surface area contributed by atoms with Gasteiger partial charge >= 0.3 is 41.3 Å². The maximum Gasteiger partial charge on any atom is -0.0110 e. The molecule has 0 aliphatic carbocycles. The van der Waals surface area contributed by atoms with Crippen molar-refractivity contribution in [3.8, 4) is 0 Å². The molecule has 0 saturated heterocycles. The van der Waals surface area contributed by atoms with Gasteiger partial charge in [0.05, 0.1) is 0 Å². The molecular weight excluding hydrogens is 201 g/mol. The van der Waals surface area contributed by atoms with Crippen molar-refractivity contribution >= 4 is 33.7 Å². The molecule has 0 spiro atoms. The van der Waals surface area contributed by atoms with Gasteiger partial charge in [0.15, 0.2) is 0 Å². The zero-order valence-electron chi connectivity index (χ0n) is 6.87. The number of hydrogen-bond donors (Lipinski definition) is 0. The van der Waals surface area contributed by atoms with Gasteiger partial charge in [-0.2, -0.15) is 0 Å². The minimum absolute atomic E-state index is 0.417. The van der Waals surface area contributed by atoms with Crippen LogP contribution in [-0.4, -0.2) is 16.3 Å². The van der Waals surface area contributed by atoms with E-state index in [0.29, 0.717) is 4.28 Å². The molecule has 0 heterocycles. The average Bonchev–Trinajstić information content (AvgIpc) is 1.62. The fourth-order valence-corrected chi connectivity index (χ4v) is 0. The van der Waals surface area contributed by atoms with Crippen LogP contribution in [0.1, 0.15) is 20.8 Å². The molecule has 0 aromatic rings. The third kappa shape index (κ3) is 1040. The molecule has 0 saturated carbocycles. The summed E-state index contributed by atoms with van der Waals surface area (Å²) in [6.45, 7) is 6.45. The van der Waals surface area contributed by atoms with Crippen molar-refractivity contribution in [2.24, 2.45) is 0 Å². The van der Waals surface area contributed by atoms with Crippen LogP contribution in [0, 0.1) is 0 Å². The van der Waals surface area contributed by atoms with Crippen molar-refractivity contribution in [1.82, 2.24) is 0 Å². The maximum absolute atomic E-state index is 8.46. The predicted octanol–water partition coefficient (Wildman–Crippen LogP) is -0.591. The summed E-state index contributed by atoms with van der Waals surface area (Å²) in [4.78, 5) is 16.9. The van der Waals surface area contributed by atoms with Crippen molar-refractivity contribution in [1.29, 1.82) is 0 Å². The molecule has 0 aliphatic rings. The molecule has 0 amide bonds. The first-order valence-corrected chi connectivity index (χ1v) is 5.19. The van der Waals surface area contributed by atoms with Gasteiger partial charge in [0.25, 0.3) is 0 Å². The van der Waals surface area contributed by atoms with Crippen molar-refractivity contribution < 1.29 is 18.9 Å². The Morgan fingerprint density at radius 1 is 1.09 bits per heavy atom. The minimum Gasteiger partial charge on any atom is -0.804 e. The number of hydrogen-bond acceptors (Lipinski definition) is 4. The predicted molar refractivity (Wildman–Crippen MR) is 46.3 cm³/mol. The van der Waals surface area contributed by atoms with Gasteiger partial charge < -0.3 is 18.9 Å². The number of rotatable bonds is 0. The van der Waals surface area contributed by atoms with Crippen molar-refractivity contribution in [2.75, 3.05) is 0 Å². The molecule has 0 rings (SSSR count). The van der Waals surface area contributed by atoms with Crippen molar-refractivity contribution in [3.63, 3.8) is 0 Å². The molecule has 2 atom stereocenters. The van der Waals surface area contributed by atoms with E-state index >= 15 is 0 Å². The van der Waals surface area contributed by atoms with Gasteiger partial charge in [0.1, 0.15) is 0 Å². The summed E-state index contributed by atoms with van der Waals surface area (Å²) in [6.07, 6.45) is 0. The second-order valence-electron chi connectivity index (χ2n) is 2.56. The van der Waals surface area contributed by atoms with E-state index in [-0.39, 0.29) is 0 Å². The zero-order chi connectivity index (χ0) is 9.91. The fraction of sp³-hybridized carbons (Fsp3) is 1.00. The summed E-state index contributed by atoms with van der Waals surface area (Å²) in [5.41, 5.74) is 0. The topological polar surface area (TPSA) is 80.3 Å². The molecule has 0 radical (unpaired) electrons. The Morgan fingerprint density at radius 2 is 1.09 bits per heavy atom. The van der Waals surface area contributed by atoms with Gasteiger partial charge in [-0.25, -0.2) is 0 Å².